The number of rotatable bonds is 4. The molecular formula is C18H23N5O. The highest BCUT2D eigenvalue weighted by Gasteiger charge is 2.26. The molecule has 0 bridgehead atoms. The van der Waals surface area contributed by atoms with Gasteiger partial charge in [-0.2, -0.15) is 0 Å². The minimum atomic E-state index is 0.0585. The van der Waals surface area contributed by atoms with E-state index in [1.807, 2.05) is 36.1 Å². The van der Waals surface area contributed by atoms with Crippen molar-refractivity contribution in [1.29, 1.82) is 0 Å². The van der Waals surface area contributed by atoms with Crippen LogP contribution in [-0.2, 0) is 0 Å². The highest BCUT2D eigenvalue weighted by atomic mass is 16.2. The Hall–Kier alpha value is -2.47. The van der Waals surface area contributed by atoms with Crippen LogP contribution in [0.5, 0.6) is 0 Å². The lowest BCUT2D eigenvalue weighted by molar-refractivity contribution is 0.0661. The van der Waals surface area contributed by atoms with Gasteiger partial charge in [-0.15, -0.1) is 0 Å². The van der Waals surface area contributed by atoms with Gasteiger partial charge in [-0.25, -0.2) is 4.98 Å². The van der Waals surface area contributed by atoms with Crippen molar-refractivity contribution in [2.75, 3.05) is 18.4 Å². The zero-order chi connectivity index (χ0) is 16.9. The van der Waals surface area contributed by atoms with Gasteiger partial charge in [0.15, 0.2) is 0 Å². The van der Waals surface area contributed by atoms with E-state index in [1.54, 1.807) is 18.6 Å². The molecule has 0 unspecified atom stereocenters. The Bertz CT molecular complexity index is 689. The van der Waals surface area contributed by atoms with E-state index in [-0.39, 0.29) is 11.9 Å². The molecule has 1 aliphatic rings. The fraction of sp³-hybridized carbons (Fsp3) is 0.389. The molecule has 6 nitrogen and oxygen atoms in total. The second-order valence-corrected chi connectivity index (χ2v) is 6.31. The molecule has 1 aromatic heterocycles. The lowest BCUT2D eigenvalue weighted by Crippen LogP contribution is -2.45. The van der Waals surface area contributed by atoms with Gasteiger partial charge in [-0.1, -0.05) is 6.07 Å². The lowest BCUT2D eigenvalue weighted by atomic mass is 9.92. The van der Waals surface area contributed by atoms with Crippen molar-refractivity contribution in [2.24, 2.45) is 11.7 Å². The minimum absolute atomic E-state index is 0.0585. The second kappa shape index (κ2) is 7.40. The Morgan fingerprint density at radius 1 is 1.42 bits per heavy atom. The molecule has 0 aliphatic carbocycles. The van der Waals surface area contributed by atoms with Crippen LogP contribution in [0.2, 0.25) is 0 Å². The number of piperidine rings is 1. The topological polar surface area (TPSA) is 84.1 Å². The summed E-state index contributed by atoms with van der Waals surface area (Å²) in [6.07, 6.45) is 6.99. The van der Waals surface area contributed by atoms with Crippen molar-refractivity contribution >= 4 is 17.4 Å². The molecular weight excluding hydrogens is 302 g/mol. The van der Waals surface area contributed by atoms with Crippen LogP contribution < -0.4 is 11.1 Å². The summed E-state index contributed by atoms with van der Waals surface area (Å²) in [4.78, 5) is 22.9. The van der Waals surface area contributed by atoms with Crippen LogP contribution >= 0.6 is 0 Å². The lowest BCUT2D eigenvalue weighted by Gasteiger charge is -2.34. The molecule has 2 heterocycles. The predicted molar refractivity (Wildman–Crippen MR) is 94.0 cm³/mol. The van der Waals surface area contributed by atoms with Crippen molar-refractivity contribution < 1.29 is 4.79 Å². The first kappa shape index (κ1) is 16.4. The fourth-order valence-electron chi connectivity index (χ4n) is 3.05. The molecule has 3 rings (SSSR count). The summed E-state index contributed by atoms with van der Waals surface area (Å²) in [5.74, 6) is 1.09. The number of carbonyl (C=O) groups excluding carboxylic acids is 1. The Kier molecular flexibility index (Phi) is 5.05. The average molecular weight is 325 g/mol. The molecule has 1 aliphatic heterocycles. The Labute approximate surface area is 142 Å². The number of anilines is 2. The van der Waals surface area contributed by atoms with E-state index in [4.69, 9.17) is 5.73 Å². The number of nitrogens with two attached hydrogens (primary N) is 1. The van der Waals surface area contributed by atoms with E-state index in [2.05, 4.69) is 15.3 Å². The predicted octanol–water partition coefficient (Wildman–Crippen LogP) is 2.42. The van der Waals surface area contributed by atoms with E-state index >= 15 is 0 Å². The van der Waals surface area contributed by atoms with E-state index in [0.717, 1.165) is 31.6 Å². The van der Waals surface area contributed by atoms with Gasteiger partial charge in [0, 0.05) is 42.8 Å². The number of carbonyl (C=O) groups is 1. The third-order valence-corrected chi connectivity index (χ3v) is 4.43. The number of nitrogens with one attached hydrogen (secondary N) is 1. The van der Waals surface area contributed by atoms with Gasteiger partial charge in [0.2, 0.25) is 0 Å². The van der Waals surface area contributed by atoms with Gasteiger partial charge in [0.05, 0.1) is 6.20 Å². The summed E-state index contributed by atoms with van der Waals surface area (Å²) >= 11 is 0. The maximum absolute atomic E-state index is 12.8. The van der Waals surface area contributed by atoms with E-state index in [1.165, 1.54) is 0 Å². The van der Waals surface area contributed by atoms with Crippen molar-refractivity contribution in [3.8, 4) is 0 Å². The summed E-state index contributed by atoms with van der Waals surface area (Å²) in [6, 6.07) is 7.60. The van der Waals surface area contributed by atoms with Crippen molar-refractivity contribution in [2.45, 2.75) is 25.8 Å². The maximum atomic E-state index is 12.8. The first-order chi connectivity index (χ1) is 11.6. The monoisotopic (exact) mass is 325 g/mol. The number of likely N-dealkylation sites (tertiary alicyclic amines) is 1. The Morgan fingerprint density at radius 2 is 2.29 bits per heavy atom. The summed E-state index contributed by atoms with van der Waals surface area (Å²) in [6.45, 7) is 3.55. The molecule has 0 radical (unpaired) electrons. The minimum Gasteiger partial charge on any atom is -0.339 e. The first-order valence-electron chi connectivity index (χ1n) is 8.31. The molecule has 1 saturated heterocycles. The Morgan fingerprint density at radius 3 is 3.04 bits per heavy atom. The molecule has 6 heteroatoms. The zero-order valence-corrected chi connectivity index (χ0v) is 13.9. The highest BCUT2D eigenvalue weighted by molar-refractivity contribution is 5.95. The standard InChI is InChI=1S/C18H23N5O/c1-13(19)15-5-3-9-23(12-15)18(24)14-4-2-6-16(10-14)22-17-11-20-7-8-21-17/h2,4,6-8,10-11,13,15H,3,5,9,12,19H2,1H3,(H,21,22)/t13-,15-/m1/s1. The second-order valence-electron chi connectivity index (χ2n) is 6.31. The number of hydrogen-bond acceptors (Lipinski definition) is 5. The van der Waals surface area contributed by atoms with E-state index in [9.17, 15) is 4.79 Å². The molecule has 2 atom stereocenters. The van der Waals surface area contributed by atoms with Crippen LogP contribution in [0.3, 0.4) is 0 Å². The van der Waals surface area contributed by atoms with Gasteiger partial charge in [0.1, 0.15) is 5.82 Å². The zero-order valence-electron chi connectivity index (χ0n) is 13.9. The largest absolute Gasteiger partial charge is 0.339 e. The molecule has 0 saturated carbocycles. The van der Waals surface area contributed by atoms with E-state index in [0.29, 0.717) is 17.3 Å². The normalized spacial score (nSPS) is 18.9. The molecule has 24 heavy (non-hydrogen) atoms. The SMILES string of the molecule is C[C@@H](N)[C@@H]1CCCN(C(=O)c2cccc(Nc3cnccn3)c2)C1. The summed E-state index contributed by atoms with van der Waals surface area (Å²) in [5, 5.41) is 3.16. The highest BCUT2D eigenvalue weighted by Crippen LogP contribution is 2.22. The molecule has 3 N–H and O–H groups in total. The molecule has 2 aromatic rings. The van der Waals surface area contributed by atoms with Crippen molar-refractivity contribution in [1.82, 2.24) is 14.9 Å². The molecule has 1 fully saturated rings. The van der Waals surface area contributed by atoms with Gasteiger partial charge in [-0.05, 0) is 43.9 Å². The van der Waals surface area contributed by atoms with Crippen molar-refractivity contribution in [3.63, 3.8) is 0 Å². The third kappa shape index (κ3) is 3.89. The molecule has 1 amide bonds. The number of benzene rings is 1. The summed E-state index contributed by atoms with van der Waals surface area (Å²) in [7, 11) is 0. The van der Waals surface area contributed by atoms with Crippen LogP contribution in [-0.4, -0.2) is 39.9 Å². The van der Waals surface area contributed by atoms with Crippen LogP contribution in [0.1, 0.15) is 30.1 Å². The molecule has 0 spiro atoms. The van der Waals surface area contributed by atoms with Crippen molar-refractivity contribution in [3.05, 3.63) is 48.4 Å². The number of hydrogen-bond donors (Lipinski definition) is 2. The average Bonchev–Trinajstić information content (AvgIpc) is 2.62. The van der Waals surface area contributed by atoms with E-state index < -0.39 is 0 Å². The summed E-state index contributed by atoms with van der Waals surface area (Å²) in [5.41, 5.74) is 7.51. The van der Waals surface area contributed by atoms with Crippen LogP contribution in [0.4, 0.5) is 11.5 Å². The third-order valence-electron chi connectivity index (χ3n) is 4.43. The fourth-order valence-corrected chi connectivity index (χ4v) is 3.05. The number of amides is 1. The molecule has 126 valence electrons. The molecule has 1 aromatic carbocycles. The van der Waals surface area contributed by atoms with Gasteiger partial charge < -0.3 is 16.0 Å². The Balaban J connectivity index is 1.72. The first-order valence-corrected chi connectivity index (χ1v) is 8.31. The summed E-state index contributed by atoms with van der Waals surface area (Å²) < 4.78 is 0. The quantitative estimate of drug-likeness (QED) is 0.902. The number of aromatic nitrogens is 2. The van der Waals surface area contributed by atoms with Gasteiger partial charge >= 0.3 is 0 Å². The van der Waals surface area contributed by atoms with Crippen LogP contribution in [0.15, 0.2) is 42.9 Å². The van der Waals surface area contributed by atoms with Crippen LogP contribution in [0.25, 0.3) is 0 Å². The smallest absolute Gasteiger partial charge is 0.253 e. The number of nitrogens with zero attached hydrogens (tertiary/aromatic N) is 3. The maximum Gasteiger partial charge on any atom is 0.253 e. The van der Waals surface area contributed by atoms with Gasteiger partial charge in [0.25, 0.3) is 5.91 Å². The van der Waals surface area contributed by atoms with Gasteiger partial charge in [-0.3, -0.25) is 9.78 Å². The van der Waals surface area contributed by atoms with Crippen LogP contribution in [0, 0.1) is 5.92 Å².